The third-order valence-electron chi connectivity index (χ3n) is 3.68. The molecule has 1 aromatic carbocycles. The van der Waals surface area contributed by atoms with Crippen molar-refractivity contribution in [1.29, 1.82) is 0 Å². The van der Waals surface area contributed by atoms with Crippen molar-refractivity contribution < 1.29 is 19.4 Å². The van der Waals surface area contributed by atoms with Crippen LogP contribution in [0, 0.1) is 5.92 Å². The average molecular weight is 289 g/mol. The van der Waals surface area contributed by atoms with Crippen LogP contribution in [0.1, 0.15) is 28.8 Å². The van der Waals surface area contributed by atoms with E-state index in [0.717, 1.165) is 12.0 Å². The van der Waals surface area contributed by atoms with Gasteiger partial charge in [0.05, 0.1) is 18.6 Å². The third kappa shape index (κ3) is 3.92. The number of carboxylic acid groups (broad SMARTS) is 1. The summed E-state index contributed by atoms with van der Waals surface area (Å²) in [5, 5.41) is 12.1. The Morgan fingerprint density at radius 2 is 2.10 bits per heavy atom. The van der Waals surface area contributed by atoms with Gasteiger partial charge in [0.2, 0.25) is 0 Å². The summed E-state index contributed by atoms with van der Waals surface area (Å²) in [6.45, 7) is 0.475. The van der Waals surface area contributed by atoms with Crippen molar-refractivity contribution in [3.05, 3.63) is 41.5 Å². The van der Waals surface area contributed by atoms with Crippen molar-refractivity contribution >= 4 is 18.0 Å². The number of rotatable bonds is 4. The number of nitrogens with one attached hydrogen (secondary N) is 1. The third-order valence-corrected chi connectivity index (χ3v) is 3.68. The van der Waals surface area contributed by atoms with Gasteiger partial charge < -0.3 is 15.2 Å². The Hall–Kier alpha value is -2.14. The largest absolute Gasteiger partial charge is 0.481 e. The van der Waals surface area contributed by atoms with E-state index in [0.29, 0.717) is 18.5 Å². The molecule has 0 bridgehead atoms. The van der Waals surface area contributed by atoms with Crippen molar-refractivity contribution in [1.82, 2.24) is 5.32 Å². The molecule has 112 valence electrons. The second-order valence-corrected chi connectivity index (χ2v) is 5.07. The number of benzene rings is 1. The van der Waals surface area contributed by atoms with Crippen LogP contribution in [-0.4, -0.2) is 36.7 Å². The minimum Gasteiger partial charge on any atom is -0.481 e. The van der Waals surface area contributed by atoms with Crippen molar-refractivity contribution in [3.63, 3.8) is 0 Å². The molecule has 0 spiro atoms. The first-order valence-corrected chi connectivity index (χ1v) is 6.93. The Balaban J connectivity index is 2.02. The first-order chi connectivity index (χ1) is 10.1. The van der Waals surface area contributed by atoms with Crippen LogP contribution in [0.3, 0.4) is 0 Å². The van der Waals surface area contributed by atoms with Gasteiger partial charge in [0, 0.05) is 12.6 Å². The molecule has 21 heavy (non-hydrogen) atoms. The fourth-order valence-corrected chi connectivity index (χ4v) is 2.41. The number of esters is 1. The molecule has 5 heteroatoms. The van der Waals surface area contributed by atoms with Gasteiger partial charge in [0.15, 0.2) is 0 Å². The average Bonchev–Trinajstić information content (AvgIpc) is 2.52. The molecule has 1 aromatic rings. The predicted octanol–water partition coefficient (Wildman–Crippen LogP) is 1.94. The Bertz CT molecular complexity index is 545. The van der Waals surface area contributed by atoms with Crippen LogP contribution in [0.5, 0.6) is 0 Å². The number of methoxy groups -OCH3 is 1. The molecule has 1 aliphatic heterocycles. The van der Waals surface area contributed by atoms with Crippen molar-refractivity contribution in [2.24, 2.45) is 5.92 Å². The van der Waals surface area contributed by atoms with E-state index in [1.54, 1.807) is 12.1 Å². The van der Waals surface area contributed by atoms with E-state index in [4.69, 9.17) is 9.84 Å². The molecule has 1 aliphatic rings. The quantitative estimate of drug-likeness (QED) is 0.828. The van der Waals surface area contributed by atoms with Gasteiger partial charge in [0.25, 0.3) is 0 Å². The molecular formula is C16H19NO4. The van der Waals surface area contributed by atoms with Crippen molar-refractivity contribution in [2.75, 3.05) is 13.7 Å². The summed E-state index contributed by atoms with van der Waals surface area (Å²) in [6.07, 6.45) is 5.29. The van der Waals surface area contributed by atoms with E-state index in [2.05, 4.69) is 5.32 Å². The lowest BCUT2D eigenvalue weighted by Gasteiger charge is -2.25. The highest BCUT2D eigenvalue weighted by atomic mass is 16.5. The van der Waals surface area contributed by atoms with Gasteiger partial charge in [-0.2, -0.15) is 0 Å². The van der Waals surface area contributed by atoms with Crippen LogP contribution >= 0.6 is 0 Å². The van der Waals surface area contributed by atoms with E-state index in [9.17, 15) is 9.59 Å². The lowest BCUT2D eigenvalue weighted by molar-refractivity contribution is -0.142. The van der Waals surface area contributed by atoms with E-state index in [-0.39, 0.29) is 17.9 Å². The van der Waals surface area contributed by atoms with Crippen LogP contribution in [0.2, 0.25) is 0 Å². The van der Waals surface area contributed by atoms with E-state index >= 15 is 0 Å². The second-order valence-electron chi connectivity index (χ2n) is 5.07. The summed E-state index contributed by atoms with van der Waals surface area (Å²) in [7, 11) is 1.36. The maximum atomic E-state index is 11.7. The summed E-state index contributed by atoms with van der Waals surface area (Å²) < 4.78 is 4.76. The minimum absolute atomic E-state index is 0.131. The zero-order valence-corrected chi connectivity index (χ0v) is 11.9. The molecule has 2 atom stereocenters. The number of carboxylic acids is 1. The number of carbonyl (C=O) groups is 2. The predicted molar refractivity (Wildman–Crippen MR) is 79.0 cm³/mol. The van der Waals surface area contributed by atoms with Gasteiger partial charge in [0.1, 0.15) is 0 Å². The van der Waals surface area contributed by atoms with Crippen LogP contribution < -0.4 is 5.32 Å². The van der Waals surface area contributed by atoms with E-state index in [1.165, 1.54) is 7.11 Å². The summed E-state index contributed by atoms with van der Waals surface area (Å²) in [6, 6.07) is 7.36. The molecule has 5 nitrogen and oxygen atoms in total. The zero-order valence-electron chi connectivity index (χ0n) is 11.9. The number of aliphatic carboxylic acids is 1. The number of piperidine rings is 1. The molecule has 2 unspecified atom stereocenters. The molecule has 1 saturated heterocycles. The first kappa shape index (κ1) is 15.3. The first-order valence-electron chi connectivity index (χ1n) is 6.93. The highest BCUT2D eigenvalue weighted by Gasteiger charge is 2.24. The van der Waals surface area contributed by atoms with E-state index < -0.39 is 5.97 Å². The number of ether oxygens (including phenoxy) is 1. The lowest BCUT2D eigenvalue weighted by Crippen LogP contribution is -2.40. The van der Waals surface area contributed by atoms with Crippen LogP contribution in [0.15, 0.2) is 30.3 Å². The molecule has 2 rings (SSSR count). The summed E-state index contributed by atoms with van der Waals surface area (Å²) >= 11 is 0. The van der Waals surface area contributed by atoms with Gasteiger partial charge in [-0.05, 0) is 24.5 Å². The van der Waals surface area contributed by atoms with Crippen molar-refractivity contribution in [3.8, 4) is 0 Å². The molecule has 1 heterocycles. The van der Waals surface area contributed by atoms with E-state index in [1.807, 2.05) is 24.3 Å². The van der Waals surface area contributed by atoms with Gasteiger partial charge in [-0.15, -0.1) is 0 Å². The monoisotopic (exact) mass is 289 g/mol. The molecule has 0 radical (unpaired) electrons. The molecule has 0 aliphatic carbocycles. The normalized spacial score (nSPS) is 22.1. The van der Waals surface area contributed by atoms with Gasteiger partial charge in [-0.1, -0.05) is 30.4 Å². The smallest absolute Gasteiger partial charge is 0.338 e. The Labute approximate surface area is 123 Å². The Kier molecular flexibility index (Phi) is 5.11. The van der Waals surface area contributed by atoms with Crippen LogP contribution in [-0.2, 0) is 9.53 Å². The lowest BCUT2D eigenvalue weighted by atomic mass is 9.94. The van der Waals surface area contributed by atoms with Crippen LogP contribution in [0.25, 0.3) is 6.08 Å². The van der Waals surface area contributed by atoms with Gasteiger partial charge in [-0.3, -0.25) is 4.79 Å². The fraction of sp³-hybridized carbons (Fsp3) is 0.375. The van der Waals surface area contributed by atoms with Gasteiger partial charge in [-0.25, -0.2) is 4.79 Å². The molecule has 0 aromatic heterocycles. The fourth-order valence-electron chi connectivity index (χ4n) is 2.41. The molecular weight excluding hydrogens is 270 g/mol. The van der Waals surface area contributed by atoms with Gasteiger partial charge >= 0.3 is 11.9 Å². The number of hydrogen-bond acceptors (Lipinski definition) is 4. The summed E-state index contributed by atoms with van der Waals surface area (Å²) in [5.41, 5.74) is 1.32. The maximum absolute atomic E-state index is 11.7. The topological polar surface area (TPSA) is 75.6 Å². The molecule has 2 N–H and O–H groups in total. The molecule has 0 saturated carbocycles. The standard InChI is InChI=1S/C16H19NO4/c1-21-16(20)14-5-3-2-4-11(14)6-8-13-9-7-12(10-17-13)15(18)19/h2-6,8,12-13,17H,7,9-10H2,1H3,(H,18,19)/b8-6+. The Morgan fingerprint density at radius 1 is 1.33 bits per heavy atom. The highest BCUT2D eigenvalue weighted by Crippen LogP contribution is 2.17. The van der Waals surface area contributed by atoms with Crippen LogP contribution in [0.4, 0.5) is 0 Å². The summed E-state index contributed by atoms with van der Waals surface area (Å²) in [4.78, 5) is 22.5. The van der Waals surface area contributed by atoms with Crippen molar-refractivity contribution in [2.45, 2.75) is 18.9 Å². The summed E-state index contributed by atoms with van der Waals surface area (Å²) in [5.74, 6) is -1.42. The zero-order chi connectivity index (χ0) is 15.2. The SMILES string of the molecule is COC(=O)c1ccccc1/C=C/C1CCC(C(=O)O)CN1. The second kappa shape index (κ2) is 7.04. The molecule has 0 amide bonds. The molecule has 1 fully saturated rings. The minimum atomic E-state index is -0.749. The highest BCUT2D eigenvalue weighted by molar-refractivity contribution is 5.93. The number of carbonyl (C=O) groups excluding carboxylic acids is 1. The Morgan fingerprint density at radius 3 is 2.71 bits per heavy atom. The maximum Gasteiger partial charge on any atom is 0.338 e. The number of hydrogen-bond donors (Lipinski definition) is 2.